The van der Waals surface area contributed by atoms with Crippen LogP contribution in [0.25, 0.3) is 11.4 Å². The van der Waals surface area contributed by atoms with E-state index in [0.29, 0.717) is 50.0 Å². The van der Waals surface area contributed by atoms with Crippen molar-refractivity contribution >= 4 is 5.91 Å². The lowest BCUT2D eigenvalue weighted by molar-refractivity contribution is -0.130. The predicted octanol–water partition coefficient (Wildman–Crippen LogP) is 3.01. The van der Waals surface area contributed by atoms with Crippen molar-refractivity contribution in [3.63, 3.8) is 0 Å². The molecule has 2 aliphatic heterocycles. The number of hydrogen-bond acceptors (Lipinski definition) is 5. The topological polar surface area (TPSA) is 68.5 Å². The van der Waals surface area contributed by atoms with E-state index in [9.17, 15) is 9.18 Å². The highest BCUT2D eigenvalue weighted by Crippen LogP contribution is 2.49. The molecule has 1 unspecified atom stereocenters. The summed E-state index contributed by atoms with van der Waals surface area (Å²) in [5.41, 5.74) is 0.636. The molecule has 2 fully saturated rings. The lowest BCUT2D eigenvalue weighted by Crippen LogP contribution is -2.37. The van der Waals surface area contributed by atoms with Crippen molar-refractivity contribution < 1.29 is 18.4 Å². The summed E-state index contributed by atoms with van der Waals surface area (Å²) in [6, 6.07) is 6.02. The van der Waals surface area contributed by atoms with Gasteiger partial charge in [-0.3, -0.25) is 4.79 Å². The van der Waals surface area contributed by atoms with Crippen molar-refractivity contribution in [3.8, 4) is 11.4 Å². The molecule has 1 atom stereocenters. The van der Waals surface area contributed by atoms with E-state index in [0.717, 1.165) is 12.8 Å². The average molecular weight is 359 g/mol. The van der Waals surface area contributed by atoms with Crippen molar-refractivity contribution in [1.82, 2.24) is 15.0 Å². The van der Waals surface area contributed by atoms with Crippen molar-refractivity contribution in [3.05, 3.63) is 36.0 Å². The summed E-state index contributed by atoms with van der Waals surface area (Å²) in [7, 11) is 0. The maximum absolute atomic E-state index is 13.1. The monoisotopic (exact) mass is 359 g/mol. The van der Waals surface area contributed by atoms with Gasteiger partial charge in [0.2, 0.25) is 17.6 Å². The second-order valence-electron chi connectivity index (χ2n) is 7.12. The molecule has 2 saturated heterocycles. The lowest BCUT2D eigenvalue weighted by atomic mass is 9.72. The number of carbonyl (C=O) groups excluding carboxylic acids is 1. The van der Waals surface area contributed by atoms with Gasteiger partial charge in [-0.25, -0.2) is 4.39 Å². The minimum atomic E-state index is -0.303. The molecule has 2 aliphatic rings. The third-order valence-corrected chi connectivity index (χ3v) is 5.63. The van der Waals surface area contributed by atoms with Crippen LogP contribution in [0.4, 0.5) is 4.39 Å². The van der Waals surface area contributed by atoms with Gasteiger partial charge in [-0.15, -0.1) is 0 Å². The van der Waals surface area contributed by atoms with Crippen LogP contribution in [0.3, 0.4) is 0 Å². The van der Waals surface area contributed by atoms with Gasteiger partial charge in [0.05, 0.1) is 5.92 Å². The zero-order chi connectivity index (χ0) is 18.1. The van der Waals surface area contributed by atoms with Gasteiger partial charge in [-0.05, 0) is 37.1 Å². The van der Waals surface area contributed by atoms with Gasteiger partial charge in [0.25, 0.3) is 0 Å². The smallest absolute Gasteiger partial charge is 0.232 e. The molecular weight excluding hydrogens is 337 g/mol. The first-order valence-electron chi connectivity index (χ1n) is 9.06. The van der Waals surface area contributed by atoms with E-state index in [1.165, 1.54) is 12.1 Å². The number of amides is 1. The summed E-state index contributed by atoms with van der Waals surface area (Å²) in [5.74, 6) is 0.850. The molecule has 0 saturated carbocycles. The van der Waals surface area contributed by atoms with Crippen LogP contribution < -0.4 is 0 Å². The summed E-state index contributed by atoms with van der Waals surface area (Å²) < 4.78 is 24.3. The number of rotatable bonds is 3. The molecule has 1 spiro atoms. The molecule has 4 rings (SSSR count). The Morgan fingerprint density at radius 2 is 2.04 bits per heavy atom. The third-order valence-electron chi connectivity index (χ3n) is 5.63. The summed E-state index contributed by atoms with van der Waals surface area (Å²) in [5, 5.41) is 4.09. The Morgan fingerprint density at radius 1 is 1.31 bits per heavy atom. The highest BCUT2D eigenvalue weighted by Gasteiger charge is 2.51. The average Bonchev–Trinajstić information content (AvgIpc) is 3.28. The van der Waals surface area contributed by atoms with Gasteiger partial charge in [0.15, 0.2) is 0 Å². The van der Waals surface area contributed by atoms with Gasteiger partial charge >= 0.3 is 0 Å². The van der Waals surface area contributed by atoms with Crippen LogP contribution in [-0.4, -0.2) is 47.3 Å². The molecular formula is C19H22FN3O3. The maximum Gasteiger partial charge on any atom is 0.232 e. The summed E-state index contributed by atoms with van der Waals surface area (Å²) >= 11 is 0. The van der Waals surface area contributed by atoms with Gasteiger partial charge in [-0.1, -0.05) is 12.1 Å². The number of nitrogens with zero attached hydrogens (tertiary/aromatic N) is 3. The zero-order valence-electron chi connectivity index (χ0n) is 14.8. The molecule has 138 valence electrons. The third kappa shape index (κ3) is 3.00. The largest absolute Gasteiger partial charge is 0.381 e. The Balaban J connectivity index is 1.64. The summed E-state index contributed by atoms with van der Waals surface area (Å²) in [6.45, 7) is 4.55. The van der Waals surface area contributed by atoms with E-state index in [1.54, 1.807) is 12.1 Å². The fourth-order valence-corrected chi connectivity index (χ4v) is 4.10. The molecule has 0 bridgehead atoms. The van der Waals surface area contributed by atoms with E-state index in [1.807, 2.05) is 11.8 Å². The van der Waals surface area contributed by atoms with Crippen LogP contribution in [0, 0.1) is 11.2 Å². The molecule has 2 aromatic rings. The maximum atomic E-state index is 13.1. The fourth-order valence-electron chi connectivity index (χ4n) is 4.10. The molecule has 0 radical (unpaired) electrons. The molecule has 0 N–H and O–H groups in total. The number of ether oxygens (including phenoxy) is 1. The van der Waals surface area contributed by atoms with E-state index >= 15 is 0 Å². The summed E-state index contributed by atoms with van der Waals surface area (Å²) in [4.78, 5) is 18.8. The fraction of sp³-hybridized carbons (Fsp3) is 0.526. The number of halogens is 1. The first-order valence-corrected chi connectivity index (χ1v) is 9.06. The number of aromatic nitrogens is 2. The first-order chi connectivity index (χ1) is 12.6. The molecule has 0 aliphatic carbocycles. The van der Waals surface area contributed by atoms with E-state index in [2.05, 4.69) is 10.1 Å². The van der Waals surface area contributed by atoms with Gasteiger partial charge in [-0.2, -0.15) is 4.98 Å². The summed E-state index contributed by atoms with van der Waals surface area (Å²) in [6.07, 6.45) is 2.24. The van der Waals surface area contributed by atoms with E-state index in [-0.39, 0.29) is 23.1 Å². The Kier molecular flexibility index (Phi) is 4.48. The Morgan fingerprint density at radius 3 is 2.73 bits per heavy atom. The molecule has 1 aromatic carbocycles. The van der Waals surface area contributed by atoms with Crippen LogP contribution in [0.1, 0.15) is 38.0 Å². The van der Waals surface area contributed by atoms with Crippen molar-refractivity contribution in [2.24, 2.45) is 5.41 Å². The highest BCUT2D eigenvalue weighted by atomic mass is 19.1. The minimum absolute atomic E-state index is 0.00333. The highest BCUT2D eigenvalue weighted by molar-refractivity contribution is 5.76. The first kappa shape index (κ1) is 17.1. The standard InChI is InChI=1S/C19H22FN3O3/c1-2-16(24)23-11-15(19(12-23)7-9-25-10-8-19)18-21-17(22-26-18)13-3-5-14(20)6-4-13/h3-6,15H,2,7-12H2,1H3. The minimum Gasteiger partial charge on any atom is -0.381 e. The Bertz CT molecular complexity index is 784. The second-order valence-corrected chi connectivity index (χ2v) is 7.12. The molecule has 1 amide bonds. The van der Waals surface area contributed by atoms with Crippen LogP contribution >= 0.6 is 0 Å². The lowest BCUT2D eigenvalue weighted by Gasteiger charge is -2.36. The van der Waals surface area contributed by atoms with Gasteiger partial charge < -0.3 is 14.2 Å². The molecule has 7 heteroatoms. The van der Waals surface area contributed by atoms with Gasteiger partial charge in [0, 0.05) is 43.7 Å². The van der Waals surface area contributed by atoms with Gasteiger partial charge in [0.1, 0.15) is 5.82 Å². The Hall–Kier alpha value is -2.28. The van der Waals surface area contributed by atoms with Crippen molar-refractivity contribution in [2.75, 3.05) is 26.3 Å². The molecule has 26 heavy (non-hydrogen) atoms. The number of hydrogen-bond donors (Lipinski definition) is 0. The van der Waals surface area contributed by atoms with Crippen LogP contribution in [0.2, 0.25) is 0 Å². The van der Waals surface area contributed by atoms with Crippen molar-refractivity contribution in [1.29, 1.82) is 0 Å². The zero-order valence-corrected chi connectivity index (χ0v) is 14.8. The number of carbonyl (C=O) groups is 1. The predicted molar refractivity (Wildman–Crippen MR) is 91.8 cm³/mol. The Labute approximate surface area is 151 Å². The van der Waals surface area contributed by atoms with E-state index in [4.69, 9.17) is 9.26 Å². The number of benzene rings is 1. The SMILES string of the molecule is CCC(=O)N1CC(c2nc(-c3ccc(F)cc3)no2)C2(CCOCC2)C1. The normalized spacial score (nSPS) is 22.1. The van der Waals surface area contributed by atoms with Crippen LogP contribution in [0.5, 0.6) is 0 Å². The van der Waals surface area contributed by atoms with Crippen molar-refractivity contribution in [2.45, 2.75) is 32.1 Å². The molecule has 6 nitrogen and oxygen atoms in total. The second kappa shape index (κ2) is 6.79. The quantitative estimate of drug-likeness (QED) is 0.843. The van der Waals surface area contributed by atoms with E-state index < -0.39 is 0 Å². The van der Waals surface area contributed by atoms with Crippen LogP contribution in [0.15, 0.2) is 28.8 Å². The molecule has 3 heterocycles. The van der Waals surface area contributed by atoms with Crippen LogP contribution in [-0.2, 0) is 9.53 Å². The molecule has 1 aromatic heterocycles. The number of likely N-dealkylation sites (tertiary alicyclic amines) is 1.